The van der Waals surface area contributed by atoms with E-state index in [1.165, 1.54) is 0 Å². The normalized spacial score (nSPS) is 21.2. The molecule has 0 saturated heterocycles. The molecule has 0 bridgehead atoms. The number of rotatable bonds is 6. The van der Waals surface area contributed by atoms with Crippen LogP contribution >= 0.6 is 23.2 Å². The van der Waals surface area contributed by atoms with Crippen LogP contribution in [0.3, 0.4) is 0 Å². The van der Waals surface area contributed by atoms with E-state index in [9.17, 15) is 14.4 Å². The van der Waals surface area contributed by atoms with E-state index in [1.54, 1.807) is 27.7 Å². The highest BCUT2D eigenvalue weighted by Crippen LogP contribution is 2.64. The average Bonchev–Trinajstić information content (AvgIpc) is 2.85. The molecule has 1 heterocycles. The summed E-state index contributed by atoms with van der Waals surface area (Å²) in [5, 5.41) is 0. The van der Waals surface area contributed by atoms with E-state index in [1.807, 2.05) is 0 Å². The molecule has 1 aliphatic rings. The maximum atomic E-state index is 12.3. The van der Waals surface area contributed by atoms with Crippen LogP contribution in [0, 0.1) is 19.3 Å². The zero-order valence-corrected chi connectivity index (χ0v) is 15.4. The summed E-state index contributed by atoms with van der Waals surface area (Å²) in [6, 6.07) is 0. The van der Waals surface area contributed by atoms with E-state index >= 15 is 0 Å². The molecular weight excluding hydrogens is 357 g/mol. The monoisotopic (exact) mass is 375 g/mol. The summed E-state index contributed by atoms with van der Waals surface area (Å²) in [5.41, 5.74) is 0.533. The lowest BCUT2D eigenvalue weighted by Crippen LogP contribution is -2.24. The van der Waals surface area contributed by atoms with Crippen molar-refractivity contribution in [2.24, 2.45) is 5.41 Å². The lowest BCUT2D eigenvalue weighted by molar-refractivity contribution is -0.148. The summed E-state index contributed by atoms with van der Waals surface area (Å²) >= 11 is 11.8. The predicted octanol–water partition coefficient (Wildman–Crippen LogP) is 3.12. The van der Waals surface area contributed by atoms with Crippen LogP contribution in [-0.2, 0) is 14.3 Å². The maximum Gasteiger partial charge on any atom is 0.340 e. The fourth-order valence-corrected chi connectivity index (χ4v) is 3.21. The summed E-state index contributed by atoms with van der Waals surface area (Å²) in [6.07, 6.45) is 0.282. The molecule has 1 aromatic heterocycles. The third-order valence-corrected chi connectivity index (χ3v) is 5.34. The molecule has 1 saturated carbocycles. The number of hydrogen-bond donors (Lipinski definition) is 1. The van der Waals surface area contributed by atoms with Crippen LogP contribution in [0.25, 0.3) is 0 Å². The Morgan fingerprint density at radius 3 is 2.29 bits per heavy atom. The van der Waals surface area contributed by atoms with Gasteiger partial charge in [-0.1, -0.05) is 0 Å². The first-order valence-corrected chi connectivity index (χ1v) is 8.25. The van der Waals surface area contributed by atoms with Crippen molar-refractivity contribution in [2.45, 2.75) is 38.4 Å². The van der Waals surface area contributed by atoms with Crippen molar-refractivity contribution in [1.82, 2.24) is 4.98 Å². The minimum absolute atomic E-state index is 0.215. The van der Waals surface area contributed by atoms with Crippen molar-refractivity contribution in [1.29, 1.82) is 0 Å². The number of carbonyl (C=O) groups excluding carboxylic acids is 3. The molecule has 0 unspecified atom stereocenters. The van der Waals surface area contributed by atoms with Crippen LogP contribution < -0.4 is 0 Å². The summed E-state index contributed by atoms with van der Waals surface area (Å²) in [4.78, 5) is 39.1. The van der Waals surface area contributed by atoms with Crippen molar-refractivity contribution in [3.05, 3.63) is 22.5 Å². The molecule has 8 heteroatoms. The molecule has 0 spiro atoms. The maximum absolute atomic E-state index is 12.3. The second-order valence-corrected chi connectivity index (χ2v) is 7.54. The van der Waals surface area contributed by atoms with Gasteiger partial charge >= 0.3 is 11.9 Å². The lowest BCUT2D eigenvalue weighted by atomic mass is 10.1. The first kappa shape index (κ1) is 18.8. The Bertz CT molecular complexity index is 710. The van der Waals surface area contributed by atoms with Crippen LogP contribution in [-0.4, -0.2) is 40.3 Å². The summed E-state index contributed by atoms with van der Waals surface area (Å²) in [5.74, 6) is -1.56. The number of alkyl halides is 2. The van der Waals surface area contributed by atoms with E-state index in [0.717, 1.165) is 0 Å². The highest BCUT2D eigenvalue weighted by atomic mass is 35.5. The van der Waals surface area contributed by atoms with Crippen molar-refractivity contribution < 1.29 is 23.9 Å². The van der Waals surface area contributed by atoms with Crippen molar-refractivity contribution in [2.75, 3.05) is 13.2 Å². The number of halogens is 2. The van der Waals surface area contributed by atoms with Gasteiger partial charge in [0, 0.05) is 12.1 Å². The minimum Gasteiger partial charge on any atom is -0.462 e. The van der Waals surface area contributed by atoms with Crippen LogP contribution in [0.1, 0.15) is 52.4 Å². The number of ketones is 1. The van der Waals surface area contributed by atoms with Gasteiger partial charge < -0.3 is 14.5 Å². The van der Waals surface area contributed by atoms with Gasteiger partial charge in [0.05, 0.1) is 17.9 Å². The zero-order chi connectivity index (χ0) is 18.3. The molecule has 1 N–H and O–H groups in total. The molecule has 1 aliphatic carbocycles. The Morgan fingerprint density at radius 1 is 1.21 bits per heavy atom. The van der Waals surface area contributed by atoms with Gasteiger partial charge in [0.25, 0.3) is 0 Å². The van der Waals surface area contributed by atoms with Gasteiger partial charge in [-0.2, -0.15) is 0 Å². The molecule has 0 aliphatic heterocycles. The number of aromatic amines is 1. The summed E-state index contributed by atoms with van der Waals surface area (Å²) < 4.78 is 8.86. The molecule has 24 heavy (non-hydrogen) atoms. The summed E-state index contributed by atoms with van der Waals surface area (Å²) in [7, 11) is 0. The van der Waals surface area contributed by atoms with Gasteiger partial charge in [0.1, 0.15) is 9.75 Å². The number of hydrogen-bond acceptors (Lipinski definition) is 5. The van der Waals surface area contributed by atoms with E-state index in [2.05, 4.69) is 4.98 Å². The van der Waals surface area contributed by atoms with E-state index < -0.39 is 34.1 Å². The largest absolute Gasteiger partial charge is 0.462 e. The molecule has 1 aromatic rings. The molecular formula is C16H19Cl2NO5. The van der Waals surface area contributed by atoms with Crippen molar-refractivity contribution in [3.63, 3.8) is 0 Å². The Hall–Kier alpha value is -1.53. The number of Topliss-reactive ketones (excluding diaryl/α,β-unsaturated/α-hetero) is 1. The standard InChI is InChI=1S/C16H19Cl2NO5/c1-5-23-13(21)11-8(2)12(19-9(11)3)10(20)6-24-14(22)15(4)7-16(15,17)18/h19H,5-7H2,1-4H3/t15-/m1/s1. The van der Waals surface area contributed by atoms with Crippen LogP contribution in [0.4, 0.5) is 0 Å². The van der Waals surface area contributed by atoms with Gasteiger partial charge in [0.15, 0.2) is 6.61 Å². The molecule has 0 aromatic carbocycles. The van der Waals surface area contributed by atoms with E-state index in [0.29, 0.717) is 16.8 Å². The smallest absolute Gasteiger partial charge is 0.340 e. The molecule has 6 nitrogen and oxygen atoms in total. The first-order valence-electron chi connectivity index (χ1n) is 7.49. The number of esters is 2. The zero-order valence-electron chi connectivity index (χ0n) is 13.9. The molecule has 0 radical (unpaired) electrons. The third kappa shape index (κ3) is 3.17. The number of nitrogens with one attached hydrogen (secondary N) is 1. The molecule has 1 atom stereocenters. The quantitative estimate of drug-likeness (QED) is 0.468. The van der Waals surface area contributed by atoms with Gasteiger partial charge in [-0.05, 0) is 33.3 Å². The van der Waals surface area contributed by atoms with E-state index in [4.69, 9.17) is 32.7 Å². The third-order valence-electron chi connectivity index (χ3n) is 4.24. The number of aryl methyl sites for hydroxylation is 1. The highest BCUT2D eigenvalue weighted by Gasteiger charge is 2.69. The van der Waals surface area contributed by atoms with Crippen LogP contribution in [0.15, 0.2) is 0 Å². The second-order valence-electron chi connectivity index (χ2n) is 6.06. The Kier molecular flexibility index (Phi) is 5.02. The number of H-pyrrole nitrogens is 1. The Morgan fingerprint density at radius 2 is 1.79 bits per heavy atom. The fourth-order valence-electron chi connectivity index (χ4n) is 2.52. The van der Waals surface area contributed by atoms with Crippen molar-refractivity contribution in [3.8, 4) is 0 Å². The first-order chi connectivity index (χ1) is 11.0. The van der Waals surface area contributed by atoms with Gasteiger partial charge in [-0.15, -0.1) is 23.2 Å². The van der Waals surface area contributed by atoms with Crippen LogP contribution in [0.5, 0.6) is 0 Å². The van der Waals surface area contributed by atoms with Gasteiger partial charge in [-0.3, -0.25) is 9.59 Å². The van der Waals surface area contributed by atoms with Gasteiger partial charge in [0.2, 0.25) is 5.78 Å². The predicted molar refractivity (Wildman–Crippen MR) is 88.7 cm³/mol. The molecule has 2 rings (SSSR count). The van der Waals surface area contributed by atoms with Crippen molar-refractivity contribution >= 4 is 40.9 Å². The van der Waals surface area contributed by atoms with E-state index in [-0.39, 0.29) is 18.7 Å². The van der Waals surface area contributed by atoms with Gasteiger partial charge in [-0.25, -0.2) is 4.79 Å². The number of carbonyl (C=O) groups is 3. The highest BCUT2D eigenvalue weighted by molar-refractivity contribution is 6.53. The van der Waals surface area contributed by atoms with Crippen LogP contribution in [0.2, 0.25) is 0 Å². The summed E-state index contributed by atoms with van der Waals surface area (Å²) in [6.45, 7) is 6.37. The second kappa shape index (κ2) is 6.41. The average molecular weight is 376 g/mol. The number of aromatic nitrogens is 1. The Balaban J connectivity index is 2.07. The topological polar surface area (TPSA) is 85.5 Å². The fraction of sp³-hybridized carbons (Fsp3) is 0.562. The SMILES string of the molecule is CCOC(=O)c1c(C)[nH]c(C(=O)COC(=O)[C@@]2(C)CC2(Cl)Cl)c1C. The molecule has 0 amide bonds. The molecule has 1 fully saturated rings. The lowest BCUT2D eigenvalue weighted by Gasteiger charge is -2.11. The number of ether oxygens (including phenoxy) is 2. The Labute approximate surface area is 149 Å². The minimum atomic E-state index is -1.15. The molecule has 132 valence electrons.